The van der Waals surface area contributed by atoms with Crippen molar-refractivity contribution in [3.63, 3.8) is 0 Å². The molecule has 1 aromatic rings. The first-order valence-corrected chi connectivity index (χ1v) is 10.1. The van der Waals surface area contributed by atoms with Gasteiger partial charge >= 0.3 is 0 Å². The highest BCUT2D eigenvalue weighted by Gasteiger charge is 2.38. The normalized spacial score (nSPS) is 25.5. The van der Waals surface area contributed by atoms with E-state index in [-0.39, 0.29) is 11.5 Å². The third kappa shape index (κ3) is 4.57. The lowest BCUT2D eigenvalue weighted by atomic mass is 9.84. The summed E-state index contributed by atoms with van der Waals surface area (Å²) in [5.74, 6) is 0.115. The number of nitrogens with one attached hydrogen (secondary N) is 1. The quantitative estimate of drug-likeness (QED) is 0.863. The molecule has 1 amide bonds. The van der Waals surface area contributed by atoms with Crippen molar-refractivity contribution in [3.05, 3.63) is 35.9 Å². The Morgan fingerprint density at radius 1 is 1.15 bits per heavy atom. The summed E-state index contributed by atoms with van der Waals surface area (Å²) >= 11 is 0. The highest BCUT2D eigenvalue weighted by Crippen LogP contribution is 2.34. The fourth-order valence-corrected chi connectivity index (χ4v) is 4.28. The van der Waals surface area contributed by atoms with E-state index in [0.717, 1.165) is 69.7 Å². The zero-order valence-electron chi connectivity index (χ0n) is 15.9. The van der Waals surface area contributed by atoms with Crippen LogP contribution in [0.1, 0.15) is 44.1 Å². The lowest BCUT2D eigenvalue weighted by Crippen LogP contribution is -2.50. The minimum absolute atomic E-state index is 0.00621. The SMILES string of the molecule is O=C1CCC(c2ccccc2)=NN1CCN[C@@H]1CCOC2(CCOCC2)C1. The highest BCUT2D eigenvalue weighted by atomic mass is 16.5. The van der Waals surface area contributed by atoms with Crippen LogP contribution in [0.25, 0.3) is 0 Å². The molecule has 1 N–H and O–H groups in total. The number of hydrogen-bond donors (Lipinski definition) is 1. The van der Waals surface area contributed by atoms with Crippen molar-refractivity contribution in [1.82, 2.24) is 10.3 Å². The van der Waals surface area contributed by atoms with Gasteiger partial charge < -0.3 is 14.8 Å². The van der Waals surface area contributed by atoms with Crippen LogP contribution in [-0.2, 0) is 14.3 Å². The van der Waals surface area contributed by atoms with Crippen LogP contribution in [0.15, 0.2) is 35.4 Å². The van der Waals surface area contributed by atoms with Crippen LogP contribution in [-0.4, -0.2) is 61.2 Å². The molecule has 3 aliphatic rings. The number of carbonyl (C=O) groups excluding carboxylic acids is 1. The molecule has 0 bridgehead atoms. The van der Waals surface area contributed by atoms with E-state index in [1.54, 1.807) is 5.01 Å². The average Bonchev–Trinajstić information content (AvgIpc) is 2.71. The van der Waals surface area contributed by atoms with Gasteiger partial charge in [0.1, 0.15) is 0 Å². The molecule has 27 heavy (non-hydrogen) atoms. The van der Waals surface area contributed by atoms with Gasteiger partial charge in [-0.15, -0.1) is 0 Å². The largest absolute Gasteiger partial charge is 0.381 e. The first kappa shape index (κ1) is 18.6. The Balaban J connectivity index is 1.30. The molecule has 2 saturated heterocycles. The zero-order valence-corrected chi connectivity index (χ0v) is 15.9. The van der Waals surface area contributed by atoms with Gasteiger partial charge in [0.15, 0.2) is 0 Å². The Bertz CT molecular complexity index is 665. The molecule has 0 radical (unpaired) electrons. The van der Waals surface area contributed by atoms with Crippen LogP contribution in [0.3, 0.4) is 0 Å². The minimum atomic E-state index is -0.00621. The molecule has 6 nitrogen and oxygen atoms in total. The molecule has 146 valence electrons. The summed E-state index contributed by atoms with van der Waals surface area (Å²) in [6.45, 7) is 3.77. The highest BCUT2D eigenvalue weighted by molar-refractivity contribution is 6.04. The predicted molar refractivity (Wildman–Crippen MR) is 104 cm³/mol. The molecular weight excluding hydrogens is 342 g/mol. The van der Waals surface area contributed by atoms with E-state index < -0.39 is 0 Å². The van der Waals surface area contributed by atoms with Gasteiger partial charge in [0.2, 0.25) is 5.91 Å². The molecule has 3 aliphatic heterocycles. The minimum Gasteiger partial charge on any atom is -0.381 e. The van der Waals surface area contributed by atoms with Gasteiger partial charge in [-0.3, -0.25) is 4.79 Å². The molecule has 3 heterocycles. The number of benzene rings is 1. The van der Waals surface area contributed by atoms with Crippen LogP contribution >= 0.6 is 0 Å². The van der Waals surface area contributed by atoms with E-state index in [4.69, 9.17) is 9.47 Å². The lowest BCUT2D eigenvalue weighted by molar-refractivity contribution is -0.140. The second kappa shape index (κ2) is 8.50. The van der Waals surface area contributed by atoms with Crippen molar-refractivity contribution in [1.29, 1.82) is 0 Å². The van der Waals surface area contributed by atoms with Gasteiger partial charge in [-0.2, -0.15) is 5.10 Å². The summed E-state index contributed by atoms with van der Waals surface area (Å²) in [6, 6.07) is 10.6. The molecule has 1 aromatic carbocycles. The van der Waals surface area contributed by atoms with Gasteiger partial charge in [-0.1, -0.05) is 30.3 Å². The summed E-state index contributed by atoms with van der Waals surface area (Å²) in [5.41, 5.74) is 2.10. The van der Waals surface area contributed by atoms with Gasteiger partial charge in [-0.05, 0) is 31.2 Å². The number of carbonyl (C=O) groups is 1. The summed E-state index contributed by atoms with van der Waals surface area (Å²) in [7, 11) is 0. The molecule has 1 atom stereocenters. The van der Waals surface area contributed by atoms with E-state index in [1.165, 1.54) is 0 Å². The van der Waals surface area contributed by atoms with Crippen molar-refractivity contribution in [2.45, 2.75) is 50.2 Å². The maximum absolute atomic E-state index is 12.3. The number of hydrazone groups is 1. The lowest BCUT2D eigenvalue weighted by Gasteiger charge is -2.43. The van der Waals surface area contributed by atoms with Gasteiger partial charge in [0, 0.05) is 45.2 Å². The molecule has 4 rings (SSSR count). The van der Waals surface area contributed by atoms with Crippen molar-refractivity contribution < 1.29 is 14.3 Å². The summed E-state index contributed by atoms with van der Waals surface area (Å²) < 4.78 is 11.6. The van der Waals surface area contributed by atoms with Crippen LogP contribution in [0.2, 0.25) is 0 Å². The summed E-state index contributed by atoms with van der Waals surface area (Å²) in [5, 5.41) is 9.89. The van der Waals surface area contributed by atoms with E-state index in [9.17, 15) is 4.79 Å². The van der Waals surface area contributed by atoms with Gasteiger partial charge in [0.05, 0.1) is 17.9 Å². The summed E-state index contributed by atoms with van der Waals surface area (Å²) in [4.78, 5) is 12.3. The standard InChI is InChI=1S/C21H29N3O3/c25-20-7-6-19(17-4-2-1-3-5-17)23-24(20)12-11-22-18-8-13-27-21(16-18)9-14-26-15-10-21/h1-5,18,22H,6-16H2/t18-/m1/s1. The van der Waals surface area contributed by atoms with Crippen molar-refractivity contribution in [2.24, 2.45) is 5.10 Å². The topological polar surface area (TPSA) is 63.2 Å². The Morgan fingerprint density at radius 2 is 1.96 bits per heavy atom. The Hall–Kier alpha value is -1.76. The van der Waals surface area contributed by atoms with Crippen LogP contribution in [0.5, 0.6) is 0 Å². The molecule has 6 heteroatoms. The summed E-state index contributed by atoms with van der Waals surface area (Å²) in [6.07, 6.45) is 5.28. The van der Waals surface area contributed by atoms with Crippen LogP contribution < -0.4 is 5.32 Å². The van der Waals surface area contributed by atoms with Crippen LogP contribution in [0.4, 0.5) is 0 Å². The van der Waals surface area contributed by atoms with Crippen molar-refractivity contribution in [3.8, 4) is 0 Å². The number of hydrogen-bond acceptors (Lipinski definition) is 5. The second-order valence-corrected chi connectivity index (χ2v) is 7.72. The molecule has 1 spiro atoms. The third-order valence-electron chi connectivity index (χ3n) is 5.87. The average molecular weight is 371 g/mol. The van der Waals surface area contributed by atoms with Gasteiger partial charge in [-0.25, -0.2) is 5.01 Å². The number of nitrogens with zero attached hydrogens (tertiary/aromatic N) is 2. The third-order valence-corrected chi connectivity index (χ3v) is 5.87. The van der Waals surface area contributed by atoms with Crippen molar-refractivity contribution in [2.75, 3.05) is 32.9 Å². The maximum Gasteiger partial charge on any atom is 0.243 e. The first-order chi connectivity index (χ1) is 13.2. The molecule has 0 aromatic heterocycles. The van der Waals surface area contributed by atoms with E-state index in [0.29, 0.717) is 19.0 Å². The monoisotopic (exact) mass is 371 g/mol. The van der Waals surface area contributed by atoms with E-state index >= 15 is 0 Å². The Kier molecular flexibility index (Phi) is 5.86. The number of rotatable bonds is 5. The molecular formula is C21H29N3O3. The van der Waals surface area contributed by atoms with E-state index in [1.807, 2.05) is 18.2 Å². The number of ether oxygens (including phenoxy) is 2. The fraction of sp³-hybridized carbons (Fsp3) is 0.619. The Labute approximate surface area is 160 Å². The van der Waals surface area contributed by atoms with Gasteiger partial charge in [0.25, 0.3) is 0 Å². The molecule has 0 aliphatic carbocycles. The fourth-order valence-electron chi connectivity index (χ4n) is 4.28. The maximum atomic E-state index is 12.3. The zero-order chi connectivity index (χ0) is 18.5. The van der Waals surface area contributed by atoms with Crippen LogP contribution in [0, 0.1) is 0 Å². The van der Waals surface area contributed by atoms with Crippen molar-refractivity contribution >= 4 is 11.6 Å². The molecule has 0 saturated carbocycles. The Morgan fingerprint density at radius 3 is 2.78 bits per heavy atom. The van der Waals surface area contributed by atoms with E-state index in [2.05, 4.69) is 22.6 Å². The smallest absolute Gasteiger partial charge is 0.243 e. The molecule has 0 unspecified atom stereocenters. The second-order valence-electron chi connectivity index (χ2n) is 7.72. The predicted octanol–water partition coefficient (Wildman–Crippen LogP) is 2.33. The molecule has 2 fully saturated rings. The first-order valence-electron chi connectivity index (χ1n) is 10.1. The number of amides is 1.